The molecule has 6 heteroatoms. The zero-order chi connectivity index (χ0) is 23.2. The van der Waals surface area contributed by atoms with Crippen molar-refractivity contribution in [3.8, 4) is 22.6 Å². The van der Waals surface area contributed by atoms with Crippen molar-refractivity contribution in [1.82, 2.24) is 4.31 Å². The summed E-state index contributed by atoms with van der Waals surface area (Å²) >= 11 is 0. The summed E-state index contributed by atoms with van der Waals surface area (Å²) < 4.78 is 24.9. The molecule has 1 atom stereocenters. The highest BCUT2D eigenvalue weighted by molar-refractivity contribution is 7.82. The van der Waals surface area contributed by atoms with Crippen LogP contribution in [0, 0.1) is 6.92 Å². The molecule has 2 aliphatic rings. The number of Topliss-reactive ketones (excluding diaryl/α,β-unsaturated/α-hetero) is 1. The van der Waals surface area contributed by atoms with Crippen LogP contribution in [0.2, 0.25) is 0 Å². The first-order valence-electron chi connectivity index (χ1n) is 11.1. The fraction of sp³-hybridized carbons (Fsp3) is 0.296. The van der Waals surface area contributed by atoms with Crippen LogP contribution in [0.3, 0.4) is 0 Å². The highest BCUT2D eigenvalue weighted by Gasteiger charge is 2.50. The summed E-state index contributed by atoms with van der Waals surface area (Å²) in [6, 6.07) is 19.8. The van der Waals surface area contributed by atoms with Crippen molar-refractivity contribution >= 4 is 16.8 Å². The van der Waals surface area contributed by atoms with Crippen LogP contribution in [0.15, 0.2) is 65.6 Å². The fourth-order valence-electron chi connectivity index (χ4n) is 4.54. The minimum absolute atomic E-state index is 0.234. The van der Waals surface area contributed by atoms with E-state index in [2.05, 4.69) is 13.0 Å². The van der Waals surface area contributed by atoms with E-state index in [0.717, 1.165) is 57.1 Å². The molecular weight excluding hydrogens is 434 g/mol. The molecule has 1 heterocycles. The lowest BCUT2D eigenvalue weighted by molar-refractivity contribution is -0.120. The normalized spacial score (nSPS) is 16.6. The van der Waals surface area contributed by atoms with Crippen molar-refractivity contribution in [2.75, 3.05) is 20.9 Å². The van der Waals surface area contributed by atoms with Crippen LogP contribution in [-0.4, -0.2) is 35.2 Å². The van der Waals surface area contributed by atoms with E-state index in [1.807, 2.05) is 54.6 Å². The standard InChI is InChI=1S/C27H27NO4S/c1-18-20(5-4-6-23(18)19-7-10-22(11-8-19)33(30)28(2)3)15-26(29)27(13-14-27)21-9-12-24-25(16-21)32-17-31-24/h4-12,16H,13-15,17H2,1-3H3. The predicted molar refractivity (Wildman–Crippen MR) is 129 cm³/mol. The molecule has 0 amide bonds. The number of benzene rings is 3. The van der Waals surface area contributed by atoms with E-state index in [9.17, 15) is 9.00 Å². The summed E-state index contributed by atoms with van der Waals surface area (Å²) in [5.74, 6) is 1.72. The van der Waals surface area contributed by atoms with Crippen LogP contribution < -0.4 is 9.47 Å². The third-order valence-electron chi connectivity index (χ3n) is 6.70. The van der Waals surface area contributed by atoms with Crippen LogP contribution in [0.1, 0.15) is 29.5 Å². The zero-order valence-corrected chi connectivity index (χ0v) is 19.9. The third kappa shape index (κ3) is 3.98. The van der Waals surface area contributed by atoms with Gasteiger partial charge in [0.25, 0.3) is 0 Å². The number of carbonyl (C=O) groups excluding carboxylic acids is 1. The van der Waals surface area contributed by atoms with E-state index in [4.69, 9.17) is 9.47 Å². The first-order chi connectivity index (χ1) is 15.9. The molecule has 3 aromatic rings. The first-order valence-corrected chi connectivity index (χ1v) is 12.2. The minimum atomic E-state index is -1.17. The summed E-state index contributed by atoms with van der Waals surface area (Å²) in [6.45, 7) is 2.31. The fourth-order valence-corrected chi connectivity index (χ4v) is 5.33. The van der Waals surface area contributed by atoms with E-state index in [1.54, 1.807) is 18.4 Å². The molecular formula is C27H27NO4S. The van der Waals surface area contributed by atoms with Gasteiger partial charge in [0.15, 0.2) is 11.5 Å². The number of carbonyl (C=O) groups is 1. The molecule has 1 fully saturated rings. The van der Waals surface area contributed by atoms with Crippen LogP contribution in [-0.2, 0) is 27.6 Å². The van der Waals surface area contributed by atoms with Gasteiger partial charge in [0.1, 0.15) is 16.8 Å². The molecule has 1 saturated carbocycles. The van der Waals surface area contributed by atoms with E-state index in [1.165, 1.54) is 0 Å². The largest absolute Gasteiger partial charge is 0.454 e. The quantitative estimate of drug-likeness (QED) is 0.506. The Bertz CT molecular complexity index is 1250. The van der Waals surface area contributed by atoms with Gasteiger partial charge in [-0.15, -0.1) is 0 Å². The molecule has 1 aliphatic heterocycles. The second kappa shape index (κ2) is 8.43. The summed E-state index contributed by atoms with van der Waals surface area (Å²) in [7, 11) is 2.43. The molecule has 0 N–H and O–H groups in total. The maximum atomic E-state index is 13.5. The lowest BCUT2D eigenvalue weighted by atomic mass is 9.86. The van der Waals surface area contributed by atoms with Crippen molar-refractivity contribution in [3.63, 3.8) is 0 Å². The van der Waals surface area contributed by atoms with Crippen LogP contribution >= 0.6 is 0 Å². The Morgan fingerprint density at radius 3 is 2.42 bits per heavy atom. The average Bonchev–Trinajstić information content (AvgIpc) is 3.51. The van der Waals surface area contributed by atoms with Gasteiger partial charge in [0.2, 0.25) is 6.79 Å². The number of rotatable bonds is 7. The van der Waals surface area contributed by atoms with Crippen molar-refractivity contribution in [2.24, 2.45) is 0 Å². The number of fused-ring (bicyclic) bond motifs is 1. The third-order valence-corrected chi connectivity index (χ3v) is 8.04. The molecule has 0 radical (unpaired) electrons. The molecule has 3 aromatic carbocycles. The predicted octanol–water partition coefficient (Wildman–Crippen LogP) is 4.82. The van der Waals surface area contributed by atoms with Gasteiger partial charge in [-0.25, -0.2) is 8.51 Å². The van der Waals surface area contributed by atoms with Crippen molar-refractivity contribution in [2.45, 2.75) is 36.5 Å². The monoisotopic (exact) mass is 461 g/mol. The van der Waals surface area contributed by atoms with E-state index < -0.39 is 16.4 Å². The van der Waals surface area contributed by atoms with Gasteiger partial charge in [-0.1, -0.05) is 36.4 Å². The second-order valence-corrected chi connectivity index (χ2v) is 10.6. The number of nitrogens with zero attached hydrogens (tertiary/aromatic N) is 1. The maximum Gasteiger partial charge on any atom is 0.231 e. The summed E-state index contributed by atoms with van der Waals surface area (Å²) in [5.41, 5.74) is 4.91. The SMILES string of the molecule is Cc1c(CC(=O)C2(c3ccc4c(c3)OCO4)CC2)cccc1-c1ccc(S(=O)N(C)C)cc1. The van der Waals surface area contributed by atoms with Gasteiger partial charge in [-0.05, 0) is 85.9 Å². The van der Waals surface area contributed by atoms with Gasteiger partial charge in [-0.2, -0.15) is 0 Å². The average molecular weight is 462 g/mol. The topological polar surface area (TPSA) is 55.8 Å². The Morgan fingerprint density at radius 2 is 1.73 bits per heavy atom. The molecule has 0 spiro atoms. The Kier molecular flexibility index (Phi) is 5.59. The molecule has 33 heavy (non-hydrogen) atoms. The molecule has 0 bridgehead atoms. The lowest BCUT2D eigenvalue weighted by Gasteiger charge is -2.17. The van der Waals surface area contributed by atoms with Crippen molar-refractivity contribution in [3.05, 3.63) is 77.4 Å². The number of ether oxygens (including phenoxy) is 2. The van der Waals surface area contributed by atoms with Crippen molar-refractivity contribution < 1.29 is 18.5 Å². The second-order valence-electron chi connectivity index (χ2n) is 8.93. The lowest BCUT2D eigenvalue weighted by Crippen LogP contribution is -2.23. The molecule has 170 valence electrons. The van der Waals surface area contributed by atoms with E-state index in [0.29, 0.717) is 6.42 Å². The molecule has 5 nitrogen and oxygen atoms in total. The van der Waals surface area contributed by atoms with Gasteiger partial charge in [0.05, 0.1) is 10.3 Å². The smallest absolute Gasteiger partial charge is 0.231 e. The first kappa shape index (κ1) is 21.9. The van der Waals surface area contributed by atoms with E-state index >= 15 is 0 Å². The number of hydrogen-bond donors (Lipinski definition) is 0. The van der Waals surface area contributed by atoms with Gasteiger partial charge in [0, 0.05) is 6.42 Å². The van der Waals surface area contributed by atoms with Crippen molar-refractivity contribution in [1.29, 1.82) is 0 Å². The molecule has 1 unspecified atom stereocenters. The Balaban J connectivity index is 1.38. The number of hydrogen-bond acceptors (Lipinski definition) is 4. The highest BCUT2D eigenvalue weighted by Crippen LogP contribution is 2.51. The van der Waals surface area contributed by atoms with Crippen LogP contribution in [0.5, 0.6) is 11.5 Å². The zero-order valence-electron chi connectivity index (χ0n) is 19.1. The van der Waals surface area contributed by atoms with E-state index in [-0.39, 0.29) is 12.6 Å². The highest BCUT2D eigenvalue weighted by atomic mass is 32.2. The minimum Gasteiger partial charge on any atom is -0.454 e. The van der Waals surface area contributed by atoms with Gasteiger partial charge < -0.3 is 9.47 Å². The Labute approximate surface area is 196 Å². The molecule has 0 aromatic heterocycles. The molecule has 0 saturated heterocycles. The van der Waals surface area contributed by atoms with Crippen LogP contribution in [0.4, 0.5) is 0 Å². The number of ketones is 1. The Hall–Kier alpha value is -2.96. The van der Waals surface area contributed by atoms with Crippen LogP contribution in [0.25, 0.3) is 11.1 Å². The maximum absolute atomic E-state index is 13.5. The summed E-state index contributed by atoms with van der Waals surface area (Å²) in [5, 5.41) is 0. The summed E-state index contributed by atoms with van der Waals surface area (Å²) in [4.78, 5) is 14.2. The Morgan fingerprint density at radius 1 is 1.00 bits per heavy atom. The van der Waals surface area contributed by atoms with Gasteiger partial charge >= 0.3 is 0 Å². The summed E-state index contributed by atoms with van der Waals surface area (Å²) in [6.07, 6.45) is 2.14. The molecule has 1 aliphatic carbocycles. The van der Waals surface area contributed by atoms with Gasteiger partial charge in [-0.3, -0.25) is 4.79 Å². The molecule has 5 rings (SSSR count).